The Kier molecular flexibility index (Phi) is 3.96. The number of rotatable bonds is 3. The number of carbonyl (C=O) groups excluding carboxylic acids is 1. The molecule has 0 heterocycles. The molecule has 2 saturated carbocycles. The first-order chi connectivity index (χ1) is 9.54. The molecule has 2 aliphatic carbocycles. The first-order valence-electron chi connectivity index (χ1n) is 7.30. The Bertz CT molecular complexity index is 531. The molecule has 1 aromatic carbocycles. The summed E-state index contributed by atoms with van der Waals surface area (Å²) in [6.07, 6.45) is 5.35. The monoisotopic (exact) mass is 311 g/mol. The molecule has 0 aliphatic heterocycles. The first-order valence-corrected chi connectivity index (χ1v) is 8.06. The molecule has 3 rings (SSSR count). The molecule has 4 atom stereocenters. The minimum atomic E-state index is -0.0566. The third-order valence-electron chi connectivity index (χ3n) is 4.98. The highest BCUT2D eigenvalue weighted by atomic mass is 35.5. The van der Waals surface area contributed by atoms with Crippen LogP contribution in [0.15, 0.2) is 18.2 Å². The number of amides is 1. The van der Waals surface area contributed by atoms with Crippen molar-refractivity contribution in [2.24, 2.45) is 17.8 Å². The van der Waals surface area contributed by atoms with Crippen molar-refractivity contribution in [1.82, 2.24) is 5.32 Å². The second-order valence-electron chi connectivity index (χ2n) is 6.23. The molecule has 1 aromatic rings. The third-order valence-corrected chi connectivity index (χ3v) is 5.71. The van der Waals surface area contributed by atoms with Crippen LogP contribution < -0.4 is 5.32 Å². The Morgan fingerprint density at radius 1 is 1.25 bits per heavy atom. The second kappa shape index (κ2) is 5.57. The average molecular weight is 312 g/mol. The Hall–Kier alpha value is -0.730. The number of hydrogen-bond donors (Lipinski definition) is 1. The van der Waals surface area contributed by atoms with E-state index >= 15 is 0 Å². The van der Waals surface area contributed by atoms with Crippen molar-refractivity contribution >= 4 is 29.1 Å². The second-order valence-corrected chi connectivity index (χ2v) is 7.04. The minimum absolute atomic E-state index is 0.0566. The summed E-state index contributed by atoms with van der Waals surface area (Å²) in [6, 6.07) is 5.25. The fraction of sp³-hybridized carbons (Fsp3) is 0.562. The van der Waals surface area contributed by atoms with Gasteiger partial charge in [-0.05, 0) is 62.1 Å². The van der Waals surface area contributed by atoms with Crippen LogP contribution in [-0.2, 0) is 0 Å². The fourth-order valence-corrected chi connectivity index (χ4v) is 4.24. The fourth-order valence-electron chi connectivity index (χ4n) is 3.94. The van der Waals surface area contributed by atoms with Crippen LogP contribution in [0.1, 0.15) is 43.0 Å². The number of hydrogen-bond acceptors (Lipinski definition) is 1. The predicted octanol–water partition coefficient (Wildman–Crippen LogP) is 4.55. The standard InChI is InChI=1S/C16H19Cl2NO/c1-9(13-7-10-2-3-11(13)6-10)19-16(20)12-4-5-14(17)15(18)8-12/h4-5,8-11,13H,2-3,6-7H2,1H3,(H,19,20)/t9-,10+,11-,13+/m0/s1. The lowest BCUT2D eigenvalue weighted by atomic mass is 9.84. The highest BCUT2D eigenvalue weighted by Crippen LogP contribution is 2.49. The Morgan fingerprint density at radius 2 is 2.05 bits per heavy atom. The molecule has 2 bridgehead atoms. The normalized spacial score (nSPS) is 29.4. The zero-order valence-corrected chi connectivity index (χ0v) is 13.0. The van der Waals surface area contributed by atoms with Crippen LogP contribution in [-0.4, -0.2) is 11.9 Å². The Balaban J connectivity index is 1.65. The molecule has 2 fully saturated rings. The number of halogens is 2. The van der Waals surface area contributed by atoms with Crippen LogP contribution >= 0.6 is 23.2 Å². The van der Waals surface area contributed by atoms with Crippen molar-refractivity contribution < 1.29 is 4.79 Å². The van der Waals surface area contributed by atoms with Crippen LogP contribution in [0, 0.1) is 17.8 Å². The van der Waals surface area contributed by atoms with Crippen LogP contribution in [0.5, 0.6) is 0 Å². The van der Waals surface area contributed by atoms with Gasteiger partial charge in [0.15, 0.2) is 0 Å². The van der Waals surface area contributed by atoms with Gasteiger partial charge in [-0.3, -0.25) is 4.79 Å². The van der Waals surface area contributed by atoms with Crippen molar-refractivity contribution in [3.8, 4) is 0 Å². The van der Waals surface area contributed by atoms with Gasteiger partial charge in [-0.1, -0.05) is 29.6 Å². The third kappa shape index (κ3) is 2.68. The topological polar surface area (TPSA) is 29.1 Å². The predicted molar refractivity (Wildman–Crippen MR) is 82.3 cm³/mol. The largest absolute Gasteiger partial charge is 0.349 e. The van der Waals surface area contributed by atoms with Gasteiger partial charge in [0.2, 0.25) is 0 Å². The summed E-state index contributed by atoms with van der Waals surface area (Å²) in [7, 11) is 0. The molecule has 2 nitrogen and oxygen atoms in total. The van der Waals surface area contributed by atoms with Gasteiger partial charge in [0.1, 0.15) is 0 Å². The zero-order valence-electron chi connectivity index (χ0n) is 11.5. The van der Waals surface area contributed by atoms with Crippen molar-refractivity contribution in [3.63, 3.8) is 0 Å². The molecule has 4 heteroatoms. The number of nitrogens with one attached hydrogen (secondary N) is 1. The van der Waals surface area contributed by atoms with E-state index in [2.05, 4.69) is 12.2 Å². The summed E-state index contributed by atoms with van der Waals surface area (Å²) in [5.41, 5.74) is 0.578. The molecule has 0 radical (unpaired) electrons. The van der Waals surface area contributed by atoms with E-state index in [0.29, 0.717) is 21.5 Å². The summed E-state index contributed by atoms with van der Waals surface area (Å²) >= 11 is 11.8. The highest BCUT2D eigenvalue weighted by Gasteiger charge is 2.42. The van der Waals surface area contributed by atoms with Gasteiger partial charge in [-0.25, -0.2) is 0 Å². The average Bonchev–Trinajstić information content (AvgIpc) is 3.04. The molecule has 0 aromatic heterocycles. The van der Waals surface area contributed by atoms with Gasteiger partial charge < -0.3 is 5.32 Å². The van der Waals surface area contributed by atoms with E-state index in [4.69, 9.17) is 23.2 Å². The highest BCUT2D eigenvalue weighted by molar-refractivity contribution is 6.42. The van der Waals surface area contributed by atoms with Crippen LogP contribution in [0.2, 0.25) is 10.0 Å². The maximum atomic E-state index is 12.3. The zero-order chi connectivity index (χ0) is 14.3. The van der Waals surface area contributed by atoms with E-state index in [1.165, 1.54) is 25.7 Å². The van der Waals surface area contributed by atoms with Crippen molar-refractivity contribution in [2.45, 2.75) is 38.6 Å². The number of fused-ring (bicyclic) bond motifs is 2. The lowest BCUT2D eigenvalue weighted by molar-refractivity contribution is 0.0915. The molecule has 0 saturated heterocycles. The quantitative estimate of drug-likeness (QED) is 0.872. The van der Waals surface area contributed by atoms with Gasteiger partial charge in [0.05, 0.1) is 10.0 Å². The Morgan fingerprint density at radius 3 is 2.65 bits per heavy atom. The molecule has 0 spiro atoms. The maximum Gasteiger partial charge on any atom is 0.251 e. The first kappa shape index (κ1) is 14.2. The molecule has 0 unspecified atom stereocenters. The van der Waals surface area contributed by atoms with E-state index in [9.17, 15) is 4.79 Å². The van der Waals surface area contributed by atoms with E-state index in [-0.39, 0.29) is 11.9 Å². The minimum Gasteiger partial charge on any atom is -0.349 e. The van der Waals surface area contributed by atoms with Gasteiger partial charge in [0, 0.05) is 11.6 Å². The summed E-state index contributed by atoms with van der Waals surface area (Å²) < 4.78 is 0. The van der Waals surface area contributed by atoms with Crippen LogP contribution in [0.25, 0.3) is 0 Å². The van der Waals surface area contributed by atoms with Crippen molar-refractivity contribution in [1.29, 1.82) is 0 Å². The summed E-state index contributed by atoms with van der Waals surface area (Å²) in [5.74, 6) is 2.29. The van der Waals surface area contributed by atoms with Gasteiger partial charge in [0.25, 0.3) is 5.91 Å². The molecule has 20 heavy (non-hydrogen) atoms. The number of benzene rings is 1. The van der Waals surface area contributed by atoms with Gasteiger partial charge in [-0.15, -0.1) is 0 Å². The lowest BCUT2D eigenvalue weighted by Gasteiger charge is -2.28. The number of carbonyl (C=O) groups is 1. The maximum absolute atomic E-state index is 12.3. The van der Waals surface area contributed by atoms with Crippen molar-refractivity contribution in [3.05, 3.63) is 33.8 Å². The van der Waals surface area contributed by atoms with Crippen LogP contribution in [0.3, 0.4) is 0 Å². The molecule has 2 aliphatic rings. The molecular weight excluding hydrogens is 293 g/mol. The van der Waals surface area contributed by atoms with E-state index < -0.39 is 0 Å². The summed E-state index contributed by atoms with van der Waals surface area (Å²) in [5, 5.41) is 4.03. The van der Waals surface area contributed by atoms with E-state index in [1.807, 2.05) is 0 Å². The molecule has 108 valence electrons. The SMILES string of the molecule is C[C@H](NC(=O)c1ccc(Cl)c(Cl)c1)[C@H]1C[C@@H]2CC[C@H]1C2. The molecule has 1 amide bonds. The van der Waals surface area contributed by atoms with E-state index in [0.717, 1.165) is 11.8 Å². The smallest absolute Gasteiger partial charge is 0.251 e. The Labute approximate surface area is 129 Å². The summed E-state index contributed by atoms with van der Waals surface area (Å²) in [6.45, 7) is 2.13. The lowest BCUT2D eigenvalue weighted by Crippen LogP contribution is -2.40. The van der Waals surface area contributed by atoms with Gasteiger partial charge in [-0.2, -0.15) is 0 Å². The summed E-state index contributed by atoms with van der Waals surface area (Å²) in [4.78, 5) is 12.3. The van der Waals surface area contributed by atoms with E-state index in [1.54, 1.807) is 18.2 Å². The van der Waals surface area contributed by atoms with Crippen molar-refractivity contribution in [2.75, 3.05) is 0 Å². The van der Waals surface area contributed by atoms with Gasteiger partial charge >= 0.3 is 0 Å². The molecular formula is C16H19Cl2NO. The molecule has 1 N–H and O–H groups in total. The van der Waals surface area contributed by atoms with Crippen LogP contribution in [0.4, 0.5) is 0 Å².